The Morgan fingerprint density at radius 3 is 2.29 bits per heavy atom. The molecule has 0 aliphatic heterocycles. The molecule has 1 N–H and O–H groups in total. The number of nitriles is 1. The maximum absolute atomic E-state index is 12.8. The molecule has 0 bridgehead atoms. The Morgan fingerprint density at radius 1 is 1.19 bits per heavy atom. The number of aliphatic hydroxyl groups is 1. The standard InChI is InChI=1S/C16H24F3NO/c1-2-12-4-3-7-14(10-12,11-20)15(21)8-5-13(6-9-15)16(17,18)19/h12-13,21H,2-10H2,1H3. The zero-order valence-electron chi connectivity index (χ0n) is 12.5. The second kappa shape index (κ2) is 5.79. The highest BCUT2D eigenvalue weighted by molar-refractivity contribution is 5.14. The molecule has 0 aromatic carbocycles. The van der Waals surface area contributed by atoms with Crippen LogP contribution in [0.15, 0.2) is 0 Å². The predicted octanol–water partition coefficient (Wildman–Crippen LogP) is 4.58. The van der Waals surface area contributed by atoms with E-state index in [0.717, 1.165) is 19.3 Å². The summed E-state index contributed by atoms with van der Waals surface area (Å²) in [5.74, 6) is -0.915. The van der Waals surface area contributed by atoms with Gasteiger partial charge in [0.05, 0.1) is 23.0 Å². The smallest absolute Gasteiger partial charge is 0.388 e. The molecule has 2 fully saturated rings. The first kappa shape index (κ1) is 16.6. The molecule has 2 aliphatic carbocycles. The summed E-state index contributed by atoms with van der Waals surface area (Å²) in [4.78, 5) is 0. The predicted molar refractivity (Wildman–Crippen MR) is 73.3 cm³/mol. The van der Waals surface area contributed by atoms with Gasteiger partial charge in [-0.3, -0.25) is 0 Å². The maximum Gasteiger partial charge on any atom is 0.391 e. The van der Waals surface area contributed by atoms with Gasteiger partial charge in [-0.15, -0.1) is 0 Å². The van der Waals surface area contributed by atoms with E-state index in [0.29, 0.717) is 18.8 Å². The third-order valence-electron chi connectivity index (χ3n) is 5.81. The molecule has 21 heavy (non-hydrogen) atoms. The van der Waals surface area contributed by atoms with Crippen molar-refractivity contribution in [1.82, 2.24) is 0 Å². The zero-order chi connectivity index (χ0) is 15.7. The van der Waals surface area contributed by atoms with Gasteiger partial charge in [0.15, 0.2) is 0 Å². The molecule has 2 nitrogen and oxygen atoms in total. The summed E-state index contributed by atoms with van der Waals surface area (Å²) >= 11 is 0. The van der Waals surface area contributed by atoms with Crippen LogP contribution < -0.4 is 0 Å². The van der Waals surface area contributed by atoms with Crippen LogP contribution in [-0.2, 0) is 0 Å². The number of nitrogens with zero attached hydrogens (tertiary/aromatic N) is 1. The van der Waals surface area contributed by atoms with E-state index in [4.69, 9.17) is 0 Å². The van der Waals surface area contributed by atoms with Crippen molar-refractivity contribution in [3.63, 3.8) is 0 Å². The molecule has 5 heteroatoms. The van der Waals surface area contributed by atoms with Crippen LogP contribution >= 0.6 is 0 Å². The number of hydrogen-bond acceptors (Lipinski definition) is 2. The van der Waals surface area contributed by atoms with Gasteiger partial charge in [-0.05, 0) is 44.4 Å². The molecule has 2 rings (SSSR count). The maximum atomic E-state index is 12.8. The highest BCUT2D eigenvalue weighted by Gasteiger charge is 2.56. The van der Waals surface area contributed by atoms with Gasteiger partial charge in [-0.1, -0.05) is 26.2 Å². The van der Waals surface area contributed by atoms with Crippen molar-refractivity contribution in [2.24, 2.45) is 17.3 Å². The lowest BCUT2D eigenvalue weighted by atomic mass is 9.56. The van der Waals surface area contributed by atoms with Gasteiger partial charge in [0.25, 0.3) is 0 Å². The van der Waals surface area contributed by atoms with Crippen LogP contribution in [0.25, 0.3) is 0 Å². The minimum Gasteiger partial charge on any atom is -0.388 e. The summed E-state index contributed by atoms with van der Waals surface area (Å²) in [5, 5.41) is 20.6. The number of rotatable bonds is 2. The van der Waals surface area contributed by atoms with Crippen LogP contribution in [-0.4, -0.2) is 16.9 Å². The topological polar surface area (TPSA) is 44.0 Å². The van der Waals surface area contributed by atoms with Crippen molar-refractivity contribution in [1.29, 1.82) is 5.26 Å². The summed E-state index contributed by atoms with van der Waals surface area (Å²) < 4.78 is 38.3. The molecule has 0 amide bonds. The van der Waals surface area contributed by atoms with E-state index in [1.165, 1.54) is 0 Å². The van der Waals surface area contributed by atoms with E-state index < -0.39 is 23.1 Å². The quantitative estimate of drug-likeness (QED) is 0.811. The summed E-state index contributed by atoms with van der Waals surface area (Å²) in [6, 6.07) is 2.31. The summed E-state index contributed by atoms with van der Waals surface area (Å²) in [6.45, 7) is 2.07. The highest BCUT2D eigenvalue weighted by Crippen LogP contribution is 2.54. The first-order valence-corrected chi connectivity index (χ1v) is 7.97. The van der Waals surface area contributed by atoms with Gasteiger partial charge in [-0.2, -0.15) is 18.4 Å². The fourth-order valence-electron chi connectivity index (χ4n) is 4.27. The van der Waals surface area contributed by atoms with Gasteiger partial charge in [0.1, 0.15) is 0 Å². The minimum atomic E-state index is -4.18. The van der Waals surface area contributed by atoms with Crippen LogP contribution in [0.2, 0.25) is 0 Å². The van der Waals surface area contributed by atoms with Crippen molar-refractivity contribution in [3.05, 3.63) is 0 Å². The average Bonchev–Trinajstić information content (AvgIpc) is 2.46. The number of halogens is 3. The second-order valence-corrected chi connectivity index (χ2v) is 6.91. The molecule has 0 heterocycles. The third kappa shape index (κ3) is 3.06. The van der Waals surface area contributed by atoms with Crippen LogP contribution in [0.4, 0.5) is 13.2 Å². The SMILES string of the molecule is CCC1CCCC(C#N)(C2(O)CCC(C(F)(F)F)CC2)C1. The first-order valence-electron chi connectivity index (χ1n) is 7.97. The molecule has 2 saturated carbocycles. The Bertz CT molecular complexity index is 407. The summed E-state index contributed by atoms with van der Waals surface area (Å²) in [7, 11) is 0. The Kier molecular flexibility index (Phi) is 4.58. The van der Waals surface area contributed by atoms with Crippen LogP contribution in [0.5, 0.6) is 0 Å². The molecular formula is C16H24F3NO. The molecule has 0 radical (unpaired) electrons. The Balaban J connectivity index is 2.14. The lowest BCUT2D eigenvalue weighted by Gasteiger charge is -2.50. The monoisotopic (exact) mass is 303 g/mol. The van der Waals surface area contributed by atoms with E-state index >= 15 is 0 Å². The minimum absolute atomic E-state index is 0.0553. The van der Waals surface area contributed by atoms with Gasteiger partial charge >= 0.3 is 6.18 Å². The largest absolute Gasteiger partial charge is 0.391 e. The molecule has 0 aromatic rings. The first-order chi connectivity index (χ1) is 9.76. The molecule has 0 saturated heterocycles. The van der Waals surface area contributed by atoms with Gasteiger partial charge < -0.3 is 5.11 Å². The molecular weight excluding hydrogens is 279 g/mol. The lowest BCUT2D eigenvalue weighted by Crippen LogP contribution is -2.53. The van der Waals surface area contributed by atoms with Crippen molar-refractivity contribution in [3.8, 4) is 6.07 Å². The van der Waals surface area contributed by atoms with Crippen LogP contribution in [0.1, 0.15) is 64.7 Å². The van der Waals surface area contributed by atoms with Gasteiger partial charge in [0.2, 0.25) is 0 Å². The third-order valence-corrected chi connectivity index (χ3v) is 5.81. The van der Waals surface area contributed by atoms with E-state index in [-0.39, 0.29) is 25.7 Å². The van der Waals surface area contributed by atoms with Gasteiger partial charge in [0, 0.05) is 0 Å². The van der Waals surface area contributed by atoms with Crippen molar-refractivity contribution >= 4 is 0 Å². The van der Waals surface area contributed by atoms with Crippen molar-refractivity contribution in [2.45, 2.75) is 76.5 Å². The van der Waals surface area contributed by atoms with Crippen molar-refractivity contribution < 1.29 is 18.3 Å². The second-order valence-electron chi connectivity index (χ2n) is 6.91. The van der Waals surface area contributed by atoms with E-state index in [2.05, 4.69) is 13.0 Å². The lowest BCUT2D eigenvalue weighted by molar-refractivity contribution is -0.202. The molecule has 120 valence electrons. The van der Waals surface area contributed by atoms with E-state index in [1.807, 2.05) is 0 Å². The number of hydrogen-bond donors (Lipinski definition) is 1. The number of alkyl halides is 3. The molecule has 0 aromatic heterocycles. The zero-order valence-corrected chi connectivity index (χ0v) is 12.5. The molecule has 2 aliphatic rings. The molecule has 2 unspecified atom stereocenters. The molecule has 0 spiro atoms. The average molecular weight is 303 g/mol. The summed E-state index contributed by atoms with van der Waals surface area (Å²) in [5.41, 5.74) is -2.08. The Morgan fingerprint density at radius 2 is 1.81 bits per heavy atom. The van der Waals surface area contributed by atoms with E-state index in [1.54, 1.807) is 0 Å². The Hall–Kier alpha value is -0.760. The fraction of sp³-hybridized carbons (Fsp3) is 0.938. The van der Waals surface area contributed by atoms with Crippen molar-refractivity contribution in [2.75, 3.05) is 0 Å². The van der Waals surface area contributed by atoms with Crippen LogP contribution in [0, 0.1) is 28.6 Å². The Labute approximate surface area is 124 Å². The molecule has 2 atom stereocenters. The normalized spacial score (nSPS) is 41.5. The summed E-state index contributed by atoms with van der Waals surface area (Å²) in [6.07, 6.45) is 0.0613. The highest BCUT2D eigenvalue weighted by atomic mass is 19.4. The fourth-order valence-corrected chi connectivity index (χ4v) is 4.27. The van der Waals surface area contributed by atoms with Crippen LogP contribution in [0.3, 0.4) is 0 Å². The van der Waals surface area contributed by atoms with Gasteiger partial charge in [-0.25, -0.2) is 0 Å². The van der Waals surface area contributed by atoms with E-state index in [9.17, 15) is 23.5 Å².